The van der Waals surface area contributed by atoms with Crippen LogP contribution in [-0.4, -0.2) is 11.8 Å². The number of anilines is 1. The topological polar surface area (TPSA) is 37.4 Å². The van der Waals surface area contributed by atoms with E-state index in [-0.39, 0.29) is 11.8 Å². The van der Waals surface area contributed by atoms with Crippen molar-refractivity contribution in [3.63, 3.8) is 0 Å². The van der Waals surface area contributed by atoms with E-state index in [9.17, 15) is 9.59 Å². The Morgan fingerprint density at radius 1 is 1.06 bits per heavy atom. The van der Waals surface area contributed by atoms with E-state index in [0.717, 1.165) is 15.6 Å². The number of halogens is 1. The highest BCUT2D eigenvalue weighted by atomic mass is 79.9. The molecule has 0 unspecified atom stereocenters. The van der Waals surface area contributed by atoms with E-state index in [0.29, 0.717) is 11.3 Å². The van der Waals surface area contributed by atoms with Gasteiger partial charge in [0.1, 0.15) is 0 Å². The molecule has 0 atom stereocenters. The van der Waals surface area contributed by atoms with E-state index in [2.05, 4.69) is 15.9 Å². The monoisotopic (exact) mass is 293 g/mol. The van der Waals surface area contributed by atoms with Gasteiger partial charge in [0, 0.05) is 16.1 Å². The molecular formula is C13H12BrNO2. The summed E-state index contributed by atoms with van der Waals surface area (Å²) in [6.07, 6.45) is 1.37. The van der Waals surface area contributed by atoms with Crippen molar-refractivity contribution in [3.05, 3.63) is 39.4 Å². The number of benzene rings is 1. The van der Waals surface area contributed by atoms with Gasteiger partial charge in [-0.2, -0.15) is 0 Å². The molecule has 0 aliphatic carbocycles. The van der Waals surface area contributed by atoms with Crippen LogP contribution in [0.1, 0.15) is 18.1 Å². The van der Waals surface area contributed by atoms with Crippen LogP contribution in [0.5, 0.6) is 0 Å². The molecule has 0 aromatic heterocycles. The SMILES string of the molecule is CC1=CC(=O)N(c2cc(C)c(Br)c(C)c2)C1=O. The van der Waals surface area contributed by atoms with E-state index in [1.54, 1.807) is 6.92 Å². The number of rotatable bonds is 1. The van der Waals surface area contributed by atoms with Gasteiger partial charge in [-0.1, -0.05) is 15.9 Å². The summed E-state index contributed by atoms with van der Waals surface area (Å²) in [5.41, 5.74) is 3.12. The van der Waals surface area contributed by atoms with Gasteiger partial charge < -0.3 is 0 Å². The molecule has 1 aromatic rings. The van der Waals surface area contributed by atoms with Crippen molar-refractivity contribution < 1.29 is 9.59 Å². The van der Waals surface area contributed by atoms with Crippen LogP contribution < -0.4 is 4.90 Å². The highest BCUT2D eigenvalue weighted by Gasteiger charge is 2.30. The highest BCUT2D eigenvalue weighted by molar-refractivity contribution is 9.10. The van der Waals surface area contributed by atoms with Gasteiger partial charge in [-0.3, -0.25) is 9.59 Å². The Bertz CT molecular complexity index is 538. The summed E-state index contributed by atoms with van der Waals surface area (Å²) in [5.74, 6) is -0.509. The number of carbonyl (C=O) groups is 2. The third-order valence-corrected chi connectivity index (χ3v) is 4.03. The maximum atomic E-state index is 11.8. The summed E-state index contributed by atoms with van der Waals surface area (Å²) in [6.45, 7) is 5.52. The van der Waals surface area contributed by atoms with Crippen LogP contribution in [0.3, 0.4) is 0 Å². The molecule has 1 aliphatic rings. The van der Waals surface area contributed by atoms with E-state index >= 15 is 0 Å². The van der Waals surface area contributed by atoms with Gasteiger partial charge in [0.2, 0.25) is 0 Å². The molecule has 2 amide bonds. The normalized spacial score (nSPS) is 15.5. The van der Waals surface area contributed by atoms with Gasteiger partial charge in [0.15, 0.2) is 0 Å². The third kappa shape index (κ3) is 1.93. The van der Waals surface area contributed by atoms with E-state index in [4.69, 9.17) is 0 Å². The van der Waals surface area contributed by atoms with Crippen LogP contribution in [0.15, 0.2) is 28.3 Å². The average molecular weight is 294 g/mol. The van der Waals surface area contributed by atoms with Gasteiger partial charge in [-0.25, -0.2) is 4.90 Å². The molecule has 4 heteroatoms. The lowest BCUT2D eigenvalue weighted by atomic mass is 10.1. The van der Waals surface area contributed by atoms with Gasteiger partial charge in [-0.05, 0) is 44.0 Å². The van der Waals surface area contributed by atoms with E-state index in [1.165, 1.54) is 11.0 Å². The number of hydrogen-bond acceptors (Lipinski definition) is 2. The second-order valence-corrected chi connectivity index (χ2v) is 4.99. The highest BCUT2D eigenvalue weighted by Crippen LogP contribution is 2.29. The Morgan fingerprint density at radius 2 is 1.59 bits per heavy atom. The van der Waals surface area contributed by atoms with Crippen LogP contribution in [0.2, 0.25) is 0 Å². The number of amides is 2. The largest absolute Gasteiger partial charge is 0.269 e. The van der Waals surface area contributed by atoms with Crippen molar-refractivity contribution in [2.24, 2.45) is 0 Å². The molecule has 0 N–H and O–H groups in total. The predicted octanol–water partition coefficient (Wildman–Crippen LogP) is 2.89. The second-order valence-electron chi connectivity index (χ2n) is 4.20. The van der Waals surface area contributed by atoms with Crippen LogP contribution in [0.25, 0.3) is 0 Å². The minimum absolute atomic E-state index is 0.240. The summed E-state index contributed by atoms with van der Waals surface area (Å²) in [7, 11) is 0. The second kappa shape index (κ2) is 4.11. The molecule has 2 rings (SSSR count). The Balaban J connectivity index is 2.50. The van der Waals surface area contributed by atoms with Gasteiger partial charge >= 0.3 is 0 Å². The maximum absolute atomic E-state index is 11.8. The Hall–Kier alpha value is -1.42. The molecule has 0 saturated carbocycles. The molecule has 1 aromatic carbocycles. The van der Waals surface area contributed by atoms with Gasteiger partial charge in [-0.15, -0.1) is 0 Å². The molecule has 0 fully saturated rings. The molecule has 1 heterocycles. The first-order chi connectivity index (χ1) is 7.91. The number of imide groups is 1. The lowest BCUT2D eigenvalue weighted by molar-refractivity contribution is -0.120. The molecular weight excluding hydrogens is 282 g/mol. The van der Waals surface area contributed by atoms with Crippen molar-refractivity contribution in [1.29, 1.82) is 0 Å². The number of carbonyl (C=O) groups excluding carboxylic acids is 2. The minimum atomic E-state index is -0.270. The summed E-state index contributed by atoms with van der Waals surface area (Å²) >= 11 is 3.46. The fourth-order valence-corrected chi connectivity index (χ4v) is 2.11. The lowest BCUT2D eigenvalue weighted by Crippen LogP contribution is -2.30. The summed E-state index contributed by atoms with van der Waals surface area (Å²) in [6, 6.07) is 3.67. The Labute approximate surface area is 108 Å². The smallest absolute Gasteiger partial charge is 0.261 e. The molecule has 3 nitrogen and oxygen atoms in total. The predicted molar refractivity (Wildman–Crippen MR) is 69.9 cm³/mol. The Kier molecular flexibility index (Phi) is 2.91. The maximum Gasteiger partial charge on any atom is 0.261 e. The third-order valence-electron chi connectivity index (χ3n) is 2.78. The van der Waals surface area contributed by atoms with Crippen LogP contribution in [0.4, 0.5) is 5.69 Å². The van der Waals surface area contributed by atoms with Crippen molar-refractivity contribution >= 4 is 33.4 Å². The average Bonchev–Trinajstić information content (AvgIpc) is 2.49. The molecule has 1 aliphatic heterocycles. The van der Waals surface area contributed by atoms with Gasteiger partial charge in [0.25, 0.3) is 11.8 Å². The van der Waals surface area contributed by atoms with Crippen LogP contribution in [-0.2, 0) is 9.59 Å². The molecule has 0 saturated heterocycles. The van der Waals surface area contributed by atoms with Crippen molar-refractivity contribution in [2.45, 2.75) is 20.8 Å². The van der Waals surface area contributed by atoms with Crippen LogP contribution in [0, 0.1) is 13.8 Å². The Morgan fingerprint density at radius 3 is 2.00 bits per heavy atom. The molecule has 0 bridgehead atoms. The zero-order chi connectivity index (χ0) is 12.7. The van der Waals surface area contributed by atoms with Crippen molar-refractivity contribution in [2.75, 3.05) is 4.90 Å². The first kappa shape index (κ1) is 12.0. The van der Waals surface area contributed by atoms with Crippen molar-refractivity contribution in [1.82, 2.24) is 0 Å². The van der Waals surface area contributed by atoms with Crippen molar-refractivity contribution in [3.8, 4) is 0 Å². The standard InChI is InChI=1S/C13H12BrNO2/c1-7-4-10(5-8(2)12(7)14)15-11(16)6-9(3)13(15)17/h4-6H,1-3H3. The van der Waals surface area contributed by atoms with Gasteiger partial charge in [0.05, 0.1) is 5.69 Å². The van der Waals surface area contributed by atoms with E-state index < -0.39 is 0 Å². The zero-order valence-corrected chi connectivity index (χ0v) is 11.5. The zero-order valence-electron chi connectivity index (χ0n) is 9.87. The molecule has 17 heavy (non-hydrogen) atoms. The van der Waals surface area contributed by atoms with E-state index in [1.807, 2.05) is 26.0 Å². The quantitative estimate of drug-likeness (QED) is 0.747. The molecule has 0 radical (unpaired) electrons. The number of nitrogens with zero attached hydrogens (tertiary/aromatic N) is 1. The minimum Gasteiger partial charge on any atom is -0.269 e. The molecule has 88 valence electrons. The first-order valence-electron chi connectivity index (χ1n) is 5.25. The fourth-order valence-electron chi connectivity index (χ4n) is 1.88. The summed E-state index contributed by atoms with van der Waals surface area (Å²) < 4.78 is 1.00. The fraction of sp³-hybridized carbons (Fsp3) is 0.231. The summed E-state index contributed by atoms with van der Waals surface area (Å²) in [5, 5.41) is 0. The lowest BCUT2D eigenvalue weighted by Gasteiger charge is -2.17. The number of hydrogen-bond donors (Lipinski definition) is 0. The first-order valence-corrected chi connectivity index (χ1v) is 6.04. The molecule has 0 spiro atoms. The van der Waals surface area contributed by atoms with Crippen LogP contribution >= 0.6 is 15.9 Å². The summed E-state index contributed by atoms with van der Waals surface area (Å²) in [4.78, 5) is 24.8. The number of aryl methyl sites for hydroxylation is 2.